The molecule has 2 rings (SSSR count). The molecule has 0 radical (unpaired) electrons. The number of thiocarbonyl (C=S) groups is 1. The fourth-order valence-electron chi connectivity index (χ4n) is 2.71. The van der Waals surface area contributed by atoms with Crippen LogP contribution in [0.5, 0.6) is 5.75 Å². The Morgan fingerprint density at radius 2 is 2.26 bits per heavy atom. The Kier molecular flexibility index (Phi) is 6.57. The van der Waals surface area contributed by atoms with E-state index in [1.54, 1.807) is 25.3 Å². The summed E-state index contributed by atoms with van der Waals surface area (Å²) in [6.07, 6.45) is 4.49. The molecule has 0 saturated carbocycles. The van der Waals surface area contributed by atoms with Gasteiger partial charge in [0.2, 0.25) is 5.91 Å². The number of hydrogen-bond donors (Lipinski definition) is 2. The second kappa shape index (κ2) is 8.43. The van der Waals surface area contributed by atoms with Gasteiger partial charge in [-0.2, -0.15) is 0 Å². The zero-order chi connectivity index (χ0) is 16.8. The van der Waals surface area contributed by atoms with Gasteiger partial charge in [0.1, 0.15) is 5.75 Å². The molecule has 0 spiro atoms. The Morgan fingerprint density at radius 1 is 1.48 bits per heavy atom. The van der Waals surface area contributed by atoms with Crippen molar-refractivity contribution in [2.24, 2.45) is 5.92 Å². The molecule has 23 heavy (non-hydrogen) atoms. The maximum Gasteiger partial charge on any atom is 0.249 e. The van der Waals surface area contributed by atoms with Crippen molar-refractivity contribution < 1.29 is 14.6 Å². The lowest BCUT2D eigenvalue weighted by Crippen LogP contribution is -2.34. The summed E-state index contributed by atoms with van der Waals surface area (Å²) in [6.45, 7) is 0.123. The van der Waals surface area contributed by atoms with Gasteiger partial charge in [-0.1, -0.05) is 23.8 Å². The van der Waals surface area contributed by atoms with E-state index >= 15 is 0 Å². The molecule has 1 unspecified atom stereocenters. The van der Waals surface area contributed by atoms with Gasteiger partial charge in [-0.15, -0.1) is 0 Å². The fourth-order valence-corrected chi connectivity index (χ4v) is 3.22. The third-order valence-corrected chi connectivity index (χ3v) is 4.57. The third-order valence-electron chi connectivity index (χ3n) is 3.90. The van der Waals surface area contributed by atoms with Crippen molar-refractivity contribution in [3.05, 3.63) is 34.9 Å². The molecule has 1 aromatic carbocycles. The third kappa shape index (κ3) is 4.77. The second-order valence-electron chi connectivity index (χ2n) is 5.47. The van der Waals surface area contributed by atoms with Gasteiger partial charge in [-0.25, -0.2) is 0 Å². The van der Waals surface area contributed by atoms with Gasteiger partial charge in [0.05, 0.1) is 12.1 Å². The van der Waals surface area contributed by atoms with Crippen LogP contribution in [-0.2, 0) is 4.79 Å². The Hall–Kier alpha value is -1.43. The first-order chi connectivity index (χ1) is 11.0. The van der Waals surface area contributed by atoms with Gasteiger partial charge in [-0.05, 0) is 49.5 Å². The van der Waals surface area contributed by atoms with Crippen LogP contribution in [0.1, 0.15) is 31.2 Å². The molecule has 1 aliphatic rings. The Balaban J connectivity index is 2.30. The summed E-state index contributed by atoms with van der Waals surface area (Å²) in [4.78, 5) is 12.7. The van der Waals surface area contributed by atoms with Crippen LogP contribution in [0.25, 0.3) is 5.57 Å². The molecule has 1 amide bonds. The molecule has 2 N–H and O–H groups in total. The smallest absolute Gasteiger partial charge is 0.249 e. The van der Waals surface area contributed by atoms with Gasteiger partial charge >= 0.3 is 0 Å². The zero-order valence-corrected chi connectivity index (χ0v) is 14.5. The highest BCUT2D eigenvalue weighted by molar-refractivity contribution is 7.80. The Bertz CT molecular complexity index is 630. The highest BCUT2D eigenvalue weighted by Crippen LogP contribution is 2.33. The predicted molar refractivity (Wildman–Crippen MR) is 95.8 cm³/mol. The van der Waals surface area contributed by atoms with Gasteiger partial charge in [-0.3, -0.25) is 4.79 Å². The molecule has 1 heterocycles. The van der Waals surface area contributed by atoms with Crippen LogP contribution in [0.2, 0.25) is 5.02 Å². The van der Waals surface area contributed by atoms with Gasteiger partial charge in [0.25, 0.3) is 0 Å². The van der Waals surface area contributed by atoms with Crippen LogP contribution in [-0.4, -0.2) is 29.7 Å². The standard InChI is InChI=1S/C17H20ClNO3S/c1-22-15-7-6-13(18)10-14(15)12-5-4-11(3-2-8-20)17(23)19-16(21)9-12/h6-7,9-11,20H,2-5,8H2,1H3,(H,19,21,23)/b12-9+. The predicted octanol–water partition coefficient (Wildman–Crippen LogP) is 3.36. The Labute approximate surface area is 146 Å². The molecule has 0 aliphatic carbocycles. The molecular weight excluding hydrogens is 334 g/mol. The molecule has 0 saturated heterocycles. The average molecular weight is 354 g/mol. The molecule has 1 aromatic rings. The minimum atomic E-state index is -0.235. The first kappa shape index (κ1) is 17.9. The van der Waals surface area contributed by atoms with E-state index in [-0.39, 0.29) is 18.4 Å². The second-order valence-corrected chi connectivity index (χ2v) is 6.35. The minimum absolute atomic E-state index is 0.0787. The monoisotopic (exact) mass is 353 g/mol. The molecule has 1 atom stereocenters. The topological polar surface area (TPSA) is 58.6 Å². The van der Waals surface area contributed by atoms with Crippen molar-refractivity contribution in [2.45, 2.75) is 25.7 Å². The summed E-state index contributed by atoms with van der Waals surface area (Å²) in [5.74, 6) is 0.527. The van der Waals surface area contributed by atoms with Crippen LogP contribution in [0, 0.1) is 5.92 Å². The number of aliphatic hydroxyl groups is 1. The molecule has 0 aromatic heterocycles. The van der Waals surface area contributed by atoms with Crippen LogP contribution >= 0.6 is 23.8 Å². The molecule has 1 aliphatic heterocycles. The van der Waals surface area contributed by atoms with E-state index in [4.69, 9.17) is 33.7 Å². The van der Waals surface area contributed by atoms with Crippen molar-refractivity contribution >= 4 is 40.3 Å². The number of halogens is 1. The lowest BCUT2D eigenvalue weighted by Gasteiger charge is -2.22. The number of nitrogens with one attached hydrogen (secondary N) is 1. The first-order valence-electron chi connectivity index (χ1n) is 7.55. The van der Waals surface area contributed by atoms with E-state index in [0.29, 0.717) is 28.6 Å². The molecule has 0 bridgehead atoms. The summed E-state index contributed by atoms with van der Waals surface area (Å²) in [6, 6.07) is 5.36. The van der Waals surface area contributed by atoms with E-state index in [0.717, 1.165) is 24.0 Å². The number of ether oxygens (including phenoxy) is 1. The largest absolute Gasteiger partial charge is 0.496 e. The minimum Gasteiger partial charge on any atom is -0.496 e. The Morgan fingerprint density at radius 3 is 2.96 bits per heavy atom. The fraction of sp³-hybridized carbons (Fsp3) is 0.412. The lowest BCUT2D eigenvalue weighted by atomic mass is 9.90. The van der Waals surface area contributed by atoms with Crippen LogP contribution in [0.15, 0.2) is 24.3 Å². The van der Waals surface area contributed by atoms with Crippen molar-refractivity contribution in [1.29, 1.82) is 0 Å². The van der Waals surface area contributed by atoms with E-state index in [1.807, 2.05) is 6.07 Å². The number of methoxy groups -OCH3 is 1. The number of amides is 1. The maximum absolute atomic E-state index is 12.1. The molecule has 4 nitrogen and oxygen atoms in total. The van der Waals surface area contributed by atoms with Crippen LogP contribution in [0.4, 0.5) is 0 Å². The SMILES string of the molecule is COc1ccc(Cl)cc1/C1=C/C(=O)NC(=S)C(CCCO)CC1. The summed E-state index contributed by atoms with van der Waals surface area (Å²) in [5.41, 5.74) is 1.70. The van der Waals surface area contributed by atoms with Crippen molar-refractivity contribution in [3.8, 4) is 5.75 Å². The number of carbonyl (C=O) groups excluding carboxylic acids is 1. The highest BCUT2D eigenvalue weighted by Gasteiger charge is 2.21. The quantitative estimate of drug-likeness (QED) is 0.797. The van der Waals surface area contributed by atoms with Crippen molar-refractivity contribution in [3.63, 3.8) is 0 Å². The summed E-state index contributed by atoms with van der Waals surface area (Å²) < 4.78 is 5.38. The van der Waals surface area contributed by atoms with Gasteiger partial charge in [0.15, 0.2) is 0 Å². The van der Waals surface area contributed by atoms with Crippen LogP contribution < -0.4 is 10.1 Å². The van der Waals surface area contributed by atoms with Gasteiger partial charge < -0.3 is 15.2 Å². The van der Waals surface area contributed by atoms with E-state index in [9.17, 15) is 4.79 Å². The van der Waals surface area contributed by atoms with Crippen LogP contribution in [0.3, 0.4) is 0 Å². The average Bonchev–Trinajstić information content (AvgIpc) is 2.52. The summed E-state index contributed by atoms with van der Waals surface area (Å²) >= 11 is 11.4. The summed E-state index contributed by atoms with van der Waals surface area (Å²) in [5, 5.41) is 12.4. The molecule has 0 fully saturated rings. The number of allylic oxidation sites excluding steroid dienone is 1. The molecule has 124 valence electrons. The maximum atomic E-state index is 12.1. The van der Waals surface area contributed by atoms with E-state index in [2.05, 4.69) is 5.32 Å². The first-order valence-corrected chi connectivity index (χ1v) is 8.34. The van der Waals surface area contributed by atoms with Gasteiger partial charge in [0, 0.05) is 29.2 Å². The normalized spacial score (nSPS) is 21.0. The number of aliphatic hydroxyl groups excluding tert-OH is 1. The van der Waals surface area contributed by atoms with Crippen molar-refractivity contribution in [2.75, 3.05) is 13.7 Å². The number of rotatable bonds is 5. The lowest BCUT2D eigenvalue weighted by molar-refractivity contribution is -0.115. The number of carbonyl (C=O) groups is 1. The van der Waals surface area contributed by atoms with E-state index in [1.165, 1.54) is 0 Å². The molecular formula is C17H20ClNO3S. The number of hydrogen-bond acceptors (Lipinski definition) is 4. The number of benzene rings is 1. The molecule has 6 heteroatoms. The summed E-state index contributed by atoms with van der Waals surface area (Å²) in [7, 11) is 1.59. The zero-order valence-electron chi connectivity index (χ0n) is 13.0. The highest BCUT2D eigenvalue weighted by atomic mass is 35.5. The van der Waals surface area contributed by atoms with Crippen molar-refractivity contribution in [1.82, 2.24) is 5.32 Å². The van der Waals surface area contributed by atoms with E-state index < -0.39 is 0 Å².